The van der Waals surface area contributed by atoms with Gasteiger partial charge in [-0.05, 0) is 51.1 Å². The van der Waals surface area contributed by atoms with Crippen molar-refractivity contribution in [1.82, 2.24) is 19.8 Å². The summed E-state index contributed by atoms with van der Waals surface area (Å²) < 4.78 is 33.9. The van der Waals surface area contributed by atoms with Crippen molar-refractivity contribution in [3.8, 4) is 22.2 Å². The second-order valence-electron chi connectivity index (χ2n) is 7.62. The van der Waals surface area contributed by atoms with Crippen LogP contribution in [0.25, 0.3) is 22.2 Å². The number of benzene rings is 1. The zero-order chi connectivity index (χ0) is 21.8. The summed E-state index contributed by atoms with van der Waals surface area (Å²) >= 11 is 7.35. The Balaban J connectivity index is 0.00000289. The molecule has 4 rings (SSSR count). The lowest BCUT2D eigenvalue weighted by molar-refractivity contribution is 0.290. The molecular formula is C21H26Cl2N4O3S2. The minimum Gasteiger partial charge on any atom is -0.333 e. The normalized spacial score (nSPS) is 15.3. The Morgan fingerprint density at radius 3 is 2.66 bits per heavy atom. The Morgan fingerprint density at radius 1 is 1.19 bits per heavy atom. The molecule has 0 unspecified atom stereocenters. The number of halogens is 2. The first kappa shape index (κ1) is 25.1. The maximum absolute atomic E-state index is 12.9. The first-order valence-electron chi connectivity index (χ1n) is 10.3. The van der Waals surface area contributed by atoms with Crippen molar-refractivity contribution in [2.24, 2.45) is 0 Å². The summed E-state index contributed by atoms with van der Waals surface area (Å²) in [5.74, 6) is 0.692. The highest BCUT2D eigenvalue weighted by Crippen LogP contribution is 2.33. The zero-order valence-electron chi connectivity index (χ0n) is 17.7. The van der Waals surface area contributed by atoms with E-state index < -0.39 is 10.0 Å². The van der Waals surface area contributed by atoms with E-state index >= 15 is 0 Å². The standard InChI is InChI=1S/C21H25ClN4O3S2.ClH/c1-15-19(31(27,28)23-9-12-26-10-4-2-3-5-11-26)14-18(30-15)21-24-20(25-29-21)16-7-6-8-17(22)13-16;/h6-8,13-14,23H,2-5,9-12H2,1H3;1H. The fraction of sp³-hybridized carbons (Fsp3) is 0.429. The van der Waals surface area contributed by atoms with Crippen LogP contribution in [0.15, 0.2) is 39.8 Å². The summed E-state index contributed by atoms with van der Waals surface area (Å²) in [5, 5.41) is 4.58. The number of likely N-dealkylation sites (tertiary alicyclic amines) is 1. The van der Waals surface area contributed by atoms with Crippen LogP contribution >= 0.6 is 35.3 Å². The summed E-state index contributed by atoms with van der Waals surface area (Å²) in [4.78, 5) is 8.30. The molecule has 7 nitrogen and oxygen atoms in total. The minimum absolute atomic E-state index is 0. The van der Waals surface area contributed by atoms with Crippen LogP contribution in [0.5, 0.6) is 0 Å². The van der Waals surface area contributed by atoms with E-state index in [0.29, 0.717) is 27.1 Å². The summed E-state index contributed by atoms with van der Waals surface area (Å²) in [7, 11) is -3.61. The minimum atomic E-state index is -3.61. The molecule has 0 amide bonds. The molecular weight excluding hydrogens is 491 g/mol. The number of thiophene rings is 1. The third-order valence-corrected chi connectivity index (χ3v) is 8.29. The molecule has 174 valence electrons. The molecule has 3 aromatic rings. The maximum atomic E-state index is 12.9. The maximum Gasteiger partial charge on any atom is 0.268 e. The fourth-order valence-electron chi connectivity index (χ4n) is 3.68. The largest absolute Gasteiger partial charge is 0.333 e. The van der Waals surface area contributed by atoms with Crippen molar-refractivity contribution in [2.75, 3.05) is 26.2 Å². The van der Waals surface area contributed by atoms with Gasteiger partial charge in [0, 0.05) is 28.6 Å². The quantitative estimate of drug-likeness (QED) is 0.475. The number of nitrogens with one attached hydrogen (secondary N) is 1. The molecule has 0 radical (unpaired) electrons. The topological polar surface area (TPSA) is 88.3 Å². The van der Waals surface area contributed by atoms with Gasteiger partial charge in [-0.1, -0.05) is 41.7 Å². The van der Waals surface area contributed by atoms with Gasteiger partial charge in [0.25, 0.3) is 5.89 Å². The number of sulfonamides is 1. The van der Waals surface area contributed by atoms with Crippen LogP contribution in [0.3, 0.4) is 0 Å². The van der Waals surface area contributed by atoms with Gasteiger partial charge in [-0.25, -0.2) is 13.1 Å². The average molecular weight is 518 g/mol. The number of nitrogens with zero attached hydrogens (tertiary/aromatic N) is 3. The predicted molar refractivity (Wildman–Crippen MR) is 130 cm³/mol. The van der Waals surface area contributed by atoms with Gasteiger partial charge in [-0.3, -0.25) is 0 Å². The number of hydrogen-bond acceptors (Lipinski definition) is 7. The molecule has 0 spiro atoms. The Kier molecular flexibility index (Phi) is 8.71. The number of aryl methyl sites for hydroxylation is 1. The van der Waals surface area contributed by atoms with Gasteiger partial charge in [0.15, 0.2) is 0 Å². The van der Waals surface area contributed by atoms with Gasteiger partial charge in [0.1, 0.15) is 0 Å². The van der Waals surface area contributed by atoms with Crippen LogP contribution in [0, 0.1) is 6.92 Å². The van der Waals surface area contributed by atoms with Gasteiger partial charge in [-0.15, -0.1) is 23.7 Å². The van der Waals surface area contributed by atoms with Crippen molar-refractivity contribution < 1.29 is 12.9 Å². The highest BCUT2D eigenvalue weighted by Gasteiger charge is 2.23. The van der Waals surface area contributed by atoms with Crippen molar-refractivity contribution >= 4 is 45.4 Å². The first-order valence-corrected chi connectivity index (χ1v) is 13.0. The molecule has 0 saturated carbocycles. The van der Waals surface area contributed by atoms with Crippen LogP contribution in [-0.4, -0.2) is 49.6 Å². The van der Waals surface area contributed by atoms with Crippen LogP contribution in [0.1, 0.15) is 30.6 Å². The van der Waals surface area contributed by atoms with Gasteiger partial charge >= 0.3 is 0 Å². The van der Waals surface area contributed by atoms with E-state index in [0.717, 1.165) is 25.2 Å². The third kappa shape index (κ3) is 6.09. The van der Waals surface area contributed by atoms with Crippen LogP contribution in [-0.2, 0) is 10.0 Å². The average Bonchev–Trinajstić information content (AvgIpc) is 3.29. The summed E-state index contributed by atoms with van der Waals surface area (Å²) in [6, 6.07) is 8.77. The lowest BCUT2D eigenvalue weighted by atomic mass is 10.2. The van der Waals surface area contributed by atoms with Crippen molar-refractivity contribution in [2.45, 2.75) is 37.5 Å². The number of hydrogen-bond donors (Lipinski definition) is 1. The highest BCUT2D eigenvalue weighted by atomic mass is 35.5. The van der Waals surface area contributed by atoms with Gasteiger partial charge < -0.3 is 9.42 Å². The second-order valence-corrected chi connectivity index (χ2v) is 11.0. The highest BCUT2D eigenvalue weighted by molar-refractivity contribution is 7.89. The Bertz CT molecular complexity index is 1140. The number of aromatic nitrogens is 2. The van der Waals surface area contributed by atoms with Gasteiger partial charge in [0.05, 0.1) is 9.77 Å². The molecule has 0 aliphatic carbocycles. The van der Waals surface area contributed by atoms with Crippen molar-refractivity contribution in [3.05, 3.63) is 40.2 Å². The Hall–Kier alpha value is -1.49. The van der Waals surface area contributed by atoms with E-state index in [1.165, 1.54) is 37.0 Å². The molecule has 1 aliphatic rings. The van der Waals surface area contributed by atoms with E-state index in [-0.39, 0.29) is 23.2 Å². The van der Waals surface area contributed by atoms with E-state index in [9.17, 15) is 8.42 Å². The molecule has 0 atom stereocenters. The lowest BCUT2D eigenvalue weighted by Crippen LogP contribution is -2.35. The molecule has 32 heavy (non-hydrogen) atoms. The Morgan fingerprint density at radius 2 is 1.94 bits per heavy atom. The van der Waals surface area contributed by atoms with Gasteiger partial charge in [-0.2, -0.15) is 4.98 Å². The van der Waals surface area contributed by atoms with E-state index in [1.54, 1.807) is 25.1 Å². The summed E-state index contributed by atoms with van der Waals surface area (Å²) in [6.07, 6.45) is 4.88. The third-order valence-electron chi connectivity index (χ3n) is 5.30. The van der Waals surface area contributed by atoms with Crippen LogP contribution in [0.4, 0.5) is 0 Å². The molecule has 1 aromatic carbocycles. The lowest BCUT2D eigenvalue weighted by Gasteiger charge is -2.19. The molecule has 3 heterocycles. The fourth-order valence-corrected chi connectivity index (χ4v) is 6.40. The summed E-state index contributed by atoms with van der Waals surface area (Å²) in [5.41, 5.74) is 0.735. The SMILES string of the molecule is Cc1sc(-c2nc(-c3cccc(Cl)c3)no2)cc1S(=O)(=O)NCCN1CCCCCC1.Cl. The summed E-state index contributed by atoms with van der Waals surface area (Å²) in [6.45, 7) is 4.98. The van der Waals surface area contributed by atoms with E-state index in [1.807, 2.05) is 12.1 Å². The number of rotatable bonds is 7. The molecule has 2 aromatic heterocycles. The predicted octanol–water partition coefficient (Wildman–Crippen LogP) is 5.00. The van der Waals surface area contributed by atoms with E-state index in [4.69, 9.17) is 16.1 Å². The zero-order valence-corrected chi connectivity index (χ0v) is 20.9. The first-order chi connectivity index (χ1) is 14.9. The smallest absolute Gasteiger partial charge is 0.268 e. The van der Waals surface area contributed by atoms with Crippen LogP contribution < -0.4 is 4.72 Å². The molecule has 1 saturated heterocycles. The van der Waals surface area contributed by atoms with Crippen molar-refractivity contribution in [3.63, 3.8) is 0 Å². The molecule has 1 aliphatic heterocycles. The van der Waals surface area contributed by atoms with Gasteiger partial charge in [0.2, 0.25) is 15.8 Å². The Labute approximate surface area is 203 Å². The molecule has 11 heteroatoms. The molecule has 1 N–H and O–H groups in total. The van der Waals surface area contributed by atoms with Crippen LogP contribution in [0.2, 0.25) is 5.02 Å². The monoisotopic (exact) mass is 516 g/mol. The molecule has 0 bridgehead atoms. The van der Waals surface area contributed by atoms with E-state index in [2.05, 4.69) is 19.8 Å². The second kappa shape index (κ2) is 11.1. The molecule has 1 fully saturated rings. The van der Waals surface area contributed by atoms with Crippen molar-refractivity contribution in [1.29, 1.82) is 0 Å².